The van der Waals surface area contributed by atoms with E-state index in [0.29, 0.717) is 5.69 Å². The van der Waals surface area contributed by atoms with Gasteiger partial charge < -0.3 is 10.6 Å². The van der Waals surface area contributed by atoms with E-state index in [1.807, 2.05) is 13.8 Å². The Bertz CT molecular complexity index is 449. The Morgan fingerprint density at radius 3 is 2.53 bits per heavy atom. The molecule has 5 nitrogen and oxygen atoms in total. The van der Waals surface area contributed by atoms with Crippen LogP contribution in [-0.2, 0) is 9.59 Å². The van der Waals surface area contributed by atoms with Gasteiger partial charge in [0.1, 0.15) is 5.82 Å². The van der Waals surface area contributed by atoms with Gasteiger partial charge >= 0.3 is 0 Å². The van der Waals surface area contributed by atoms with Gasteiger partial charge in [0.2, 0.25) is 11.8 Å². The van der Waals surface area contributed by atoms with Crippen LogP contribution in [0.4, 0.5) is 10.1 Å². The van der Waals surface area contributed by atoms with Crippen LogP contribution < -0.4 is 16.0 Å². The fourth-order valence-corrected chi connectivity index (χ4v) is 1.43. The van der Waals surface area contributed by atoms with Gasteiger partial charge in [-0.3, -0.25) is 14.9 Å². The van der Waals surface area contributed by atoms with Gasteiger partial charge in [0.15, 0.2) is 0 Å². The number of hydrogen-bond acceptors (Lipinski definition) is 3. The molecule has 3 N–H and O–H groups in total. The van der Waals surface area contributed by atoms with E-state index in [9.17, 15) is 14.0 Å². The van der Waals surface area contributed by atoms with Gasteiger partial charge in [-0.15, -0.1) is 0 Å². The number of carbonyl (C=O) groups is 2. The van der Waals surface area contributed by atoms with E-state index in [-0.39, 0.29) is 30.9 Å². The molecule has 2 amide bonds. The second-order valence-electron chi connectivity index (χ2n) is 4.38. The smallest absolute Gasteiger partial charge is 0.238 e. The molecule has 0 bridgehead atoms. The first-order valence-electron chi connectivity index (χ1n) is 6.03. The molecular formula is C13H18FN3O2. The fourth-order valence-electron chi connectivity index (χ4n) is 1.43. The van der Waals surface area contributed by atoms with Gasteiger partial charge in [-0.1, -0.05) is 6.07 Å². The molecule has 1 aromatic carbocycles. The Hall–Kier alpha value is -1.95. The summed E-state index contributed by atoms with van der Waals surface area (Å²) >= 11 is 0. The van der Waals surface area contributed by atoms with Crippen LogP contribution in [-0.4, -0.2) is 30.9 Å². The number of amides is 2. The molecule has 0 atom stereocenters. The van der Waals surface area contributed by atoms with E-state index in [4.69, 9.17) is 0 Å². The predicted octanol–water partition coefficient (Wildman–Crippen LogP) is 0.878. The van der Waals surface area contributed by atoms with E-state index in [2.05, 4.69) is 16.0 Å². The average Bonchev–Trinajstić information content (AvgIpc) is 2.27. The molecule has 0 heterocycles. The Balaban J connectivity index is 2.27. The van der Waals surface area contributed by atoms with Gasteiger partial charge in [-0.05, 0) is 32.0 Å². The molecule has 0 saturated carbocycles. The van der Waals surface area contributed by atoms with Crippen LogP contribution in [0, 0.1) is 5.82 Å². The lowest BCUT2D eigenvalue weighted by Crippen LogP contribution is -2.40. The van der Waals surface area contributed by atoms with Crippen molar-refractivity contribution in [2.24, 2.45) is 0 Å². The van der Waals surface area contributed by atoms with Crippen molar-refractivity contribution in [3.8, 4) is 0 Å². The molecule has 1 rings (SSSR count). The summed E-state index contributed by atoms with van der Waals surface area (Å²) in [6.45, 7) is 3.76. The van der Waals surface area contributed by atoms with Crippen LogP contribution in [0.5, 0.6) is 0 Å². The highest BCUT2D eigenvalue weighted by Gasteiger charge is 2.05. The molecule has 0 unspecified atom stereocenters. The maximum atomic E-state index is 12.9. The number of nitrogens with one attached hydrogen (secondary N) is 3. The molecule has 104 valence electrons. The van der Waals surface area contributed by atoms with Gasteiger partial charge in [0, 0.05) is 11.7 Å². The molecule has 19 heavy (non-hydrogen) atoms. The largest absolute Gasteiger partial charge is 0.353 e. The minimum Gasteiger partial charge on any atom is -0.353 e. The second kappa shape index (κ2) is 7.48. The molecule has 0 radical (unpaired) electrons. The van der Waals surface area contributed by atoms with Crippen molar-refractivity contribution in [2.75, 3.05) is 18.4 Å². The molecule has 0 saturated heterocycles. The van der Waals surface area contributed by atoms with E-state index < -0.39 is 5.82 Å². The van der Waals surface area contributed by atoms with Gasteiger partial charge in [-0.25, -0.2) is 4.39 Å². The zero-order chi connectivity index (χ0) is 14.3. The molecule has 6 heteroatoms. The van der Waals surface area contributed by atoms with Crippen molar-refractivity contribution in [2.45, 2.75) is 19.9 Å². The Kier molecular flexibility index (Phi) is 5.95. The van der Waals surface area contributed by atoms with Gasteiger partial charge in [0.25, 0.3) is 0 Å². The third-order valence-corrected chi connectivity index (χ3v) is 2.13. The molecule has 1 aromatic rings. The minimum atomic E-state index is -0.415. The molecule has 0 fully saturated rings. The monoisotopic (exact) mass is 267 g/mol. The Labute approximate surface area is 111 Å². The van der Waals surface area contributed by atoms with E-state index >= 15 is 0 Å². The number of anilines is 1. The summed E-state index contributed by atoms with van der Waals surface area (Å²) in [6.07, 6.45) is 0. The summed E-state index contributed by atoms with van der Waals surface area (Å²) < 4.78 is 12.9. The van der Waals surface area contributed by atoms with Crippen molar-refractivity contribution in [1.29, 1.82) is 0 Å². The SMILES string of the molecule is CC(C)NC(=O)CNCC(=O)Nc1cccc(F)c1. The van der Waals surface area contributed by atoms with Crippen molar-refractivity contribution < 1.29 is 14.0 Å². The summed E-state index contributed by atoms with van der Waals surface area (Å²) in [6, 6.07) is 5.68. The van der Waals surface area contributed by atoms with Crippen molar-refractivity contribution >= 4 is 17.5 Å². The highest BCUT2D eigenvalue weighted by Crippen LogP contribution is 2.08. The predicted molar refractivity (Wildman–Crippen MR) is 71.2 cm³/mol. The zero-order valence-corrected chi connectivity index (χ0v) is 11.0. The van der Waals surface area contributed by atoms with Crippen LogP contribution in [0.2, 0.25) is 0 Å². The molecule has 0 aliphatic carbocycles. The van der Waals surface area contributed by atoms with Crippen LogP contribution in [0.25, 0.3) is 0 Å². The first-order valence-corrected chi connectivity index (χ1v) is 6.03. The highest BCUT2D eigenvalue weighted by molar-refractivity contribution is 5.92. The standard InChI is InChI=1S/C13H18FN3O2/c1-9(2)16-12(18)7-15-8-13(19)17-11-5-3-4-10(14)6-11/h3-6,9,15H,7-8H2,1-2H3,(H,16,18)(H,17,19). The quantitative estimate of drug-likeness (QED) is 0.716. The second-order valence-corrected chi connectivity index (χ2v) is 4.38. The fraction of sp³-hybridized carbons (Fsp3) is 0.385. The first-order chi connectivity index (χ1) is 8.97. The summed E-state index contributed by atoms with van der Waals surface area (Å²) in [7, 11) is 0. The topological polar surface area (TPSA) is 70.2 Å². The third kappa shape index (κ3) is 6.52. The molecule has 0 aliphatic heterocycles. The lowest BCUT2D eigenvalue weighted by atomic mass is 10.3. The summed E-state index contributed by atoms with van der Waals surface area (Å²) in [5.41, 5.74) is 0.387. The molecule has 0 aliphatic rings. The molecule has 0 aromatic heterocycles. The zero-order valence-electron chi connectivity index (χ0n) is 11.0. The van der Waals surface area contributed by atoms with Crippen LogP contribution >= 0.6 is 0 Å². The summed E-state index contributed by atoms with van der Waals surface area (Å²) in [4.78, 5) is 22.8. The normalized spacial score (nSPS) is 10.3. The first kappa shape index (κ1) is 15.1. The Morgan fingerprint density at radius 2 is 1.89 bits per heavy atom. The van der Waals surface area contributed by atoms with Crippen LogP contribution in [0.15, 0.2) is 24.3 Å². The lowest BCUT2D eigenvalue weighted by Gasteiger charge is -2.09. The number of carbonyl (C=O) groups excluding carboxylic acids is 2. The maximum absolute atomic E-state index is 12.9. The summed E-state index contributed by atoms with van der Waals surface area (Å²) in [5, 5.41) is 7.92. The number of hydrogen-bond donors (Lipinski definition) is 3. The highest BCUT2D eigenvalue weighted by atomic mass is 19.1. The number of halogens is 1. The third-order valence-electron chi connectivity index (χ3n) is 2.13. The van der Waals surface area contributed by atoms with Gasteiger partial charge in [0.05, 0.1) is 13.1 Å². The van der Waals surface area contributed by atoms with Gasteiger partial charge in [-0.2, -0.15) is 0 Å². The lowest BCUT2D eigenvalue weighted by molar-refractivity contribution is -0.120. The molecular weight excluding hydrogens is 249 g/mol. The Morgan fingerprint density at radius 1 is 1.21 bits per heavy atom. The van der Waals surface area contributed by atoms with E-state index in [0.717, 1.165) is 0 Å². The summed E-state index contributed by atoms with van der Waals surface area (Å²) in [5.74, 6) is -0.918. The van der Waals surface area contributed by atoms with Crippen molar-refractivity contribution in [1.82, 2.24) is 10.6 Å². The average molecular weight is 267 g/mol. The minimum absolute atomic E-state index is 0.0119. The van der Waals surface area contributed by atoms with Crippen molar-refractivity contribution in [3.63, 3.8) is 0 Å². The van der Waals surface area contributed by atoms with E-state index in [1.54, 1.807) is 6.07 Å². The van der Waals surface area contributed by atoms with Crippen LogP contribution in [0.3, 0.4) is 0 Å². The van der Waals surface area contributed by atoms with E-state index in [1.165, 1.54) is 18.2 Å². The number of benzene rings is 1. The molecule has 0 spiro atoms. The van der Waals surface area contributed by atoms with Crippen molar-refractivity contribution in [3.05, 3.63) is 30.1 Å². The number of rotatable bonds is 6. The maximum Gasteiger partial charge on any atom is 0.238 e. The van der Waals surface area contributed by atoms with Crippen LogP contribution in [0.1, 0.15) is 13.8 Å².